The lowest BCUT2D eigenvalue weighted by Gasteiger charge is -2.36. The van der Waals surface area contributed by atoms with E-state index in [2.05, 4.69) is 4.72 Å². The van der Waals surface area contributed by atoms with Gasteiger partial charge in [0.05, 0.1) is 11.2 Å². The number of likely N-dealkylation sites (tertiary alicyclic amines) is 1. The summed E-state index contributed by atoms with van der Waals surface area (Å²) in [6.45, 7) is 9.44. The maximum atomic E-state index is 12.9. The van der Waals surface area contributed by atoms with Crippen molar-refractivity contribution in [2.45, 2.75) is 78.4 Å². The van der Waals surface area contributed by atoms with Gasteiger partial charge in [-0.2, -0.15) is 0 Å². The number of hydrogen-bond acceptors (Lipinski definition) is 6. The summed E-state index contributed by atoms with van der Waals surface area (Å²) in [4.78, 5) is 39.0. The standard InChI is InChI=1S/C20H32N2O6S/c1-18(2,3)28-17(25)22-10-6-7-14(22)16(24)21-29(26,27)12-20-9-8-13(11-15(20)23)19(20,4)5/h13-14H,6-12H2,1-5H3,(H,21,24)/t13-,14+,20-/m1/s1. The van der Waals surface area contributed by atoms with E-state index >= 15 is 0 Å². The summed E-state index contributed by atoms with van der Waals surface area (Å²) in [5.74, 6) is -0.943. The normalized spacial score (nSPS) is 31.2. The highest BCUT2D eigenvalue weighted by Crippen LogP contribution is 2.64. The number of hydrogen-bond donors (Lipinski definition) is 1. The van der Waals surface area contributed by atoms with Gasteiger partial charge in [0.15, 0.2) is 0 Å². The number of fused-ring (bicyclic) bond motifs is 2. The number of sulfonamides is 1. The quantitative estimate of drug-likeness (QED) is 0.735. The molecule has 3 fully saturated rings. The van der Waals surface area contributed by atoms with Gasteiger partial charge in [-0.25, -0.2) is 13.2 Å². The summed E-state index contributed by atoms with van der Waals surface area (Å²) in [5.41, 5.74) is -2.05. The highest BCUT2D eigenvalue weighted by Gasteiger charge is 2.65. The lowest BCUT2D eigenvalue weighted by molar-refractivity contribution is -0.128. The molecule has 0 aromatic carbocycles. The zero-order valence-corrected chi connectivity index (χ0v) is 18.7. The number of carbonyl (C=O) groups excluding carboxylic acids is 3. The number of nitrogens with zero attached hydrogens (tertiary/aromatic N) is 1. The molecule has 1 aliphatic heterocycles. The van der Waals surface area contributed by atoms with Gasteiger partial charge < -0.3 is 4.74 Å². The second-order valence-electron chi connectivity index (χ2n) is 10.2. The number of rotatable bonds is 4. The minimum absolute atomic E-state index is 0.0205. The van der Waals surface area contributed by atoms with Crippen molar-refractivity contribution in [2.75, 3.05) is 12.3 Å². The molecule has 2 bridgehead atoms. The van der Waals surface area contributed by atoms with E-state index in [0.29, 0.717) is 32.2 Å². The second kappa shape index (κ2) is 6.96. The van der Waals surface area contributed by atoms with Crippen LogP contribution in [0.15, 0.2) is 0 Å². The van der Waals surface area contributed by atoms with Crippen molar-refractivity contribution >= 4 is 27.8 Å². The minimum Gasteiger partial charge on any atom is -0.444 e. The average molecular weight is 429 g/mol. The van der Waals surface area contributed by atoms with E-state index in [0.717, 1.165) is 6.42 Å². The van der Waals surface area contributed by atoms with Gasteiger partial charge in [-0.3, -0.25) is 19.2 Å². The molecular formula is C20H32N2O6S. The SMILES string of the molecule is CC(C)(C)OC(=O)N1CCC[C@H]1C(=O)NS(=O)(=O)C[C@]12CC[C@H](CC1=O)C2(C)C. The van der Waals surface area contributed by atoms with Crippen LogP contribution in [0, 0.1) is 16.7 Å². The zero-order chi connectivity index (χ0) is 21.8. The average Bonchev–Trinajstić information content (AvgIpc) is 3.16. The molecule has 0 unspecified atom stereocenters. The summed E-state index contributed by atoms with van der Waals surface area (Å²) in [6, 6.07) is -0.888. The van der Waals surface area contributed by atoms with E-state index in [-0.39, 0.29) is 17.5 Å². The van der Waals surface area contributed by atoms with Crippen LogP contribution in [0.2, 0.25) is 0 Å². The monoisotopic (exact) mass is 428 g/mol. The van der Waals surface area contributed by atoms with Gasteiger partial charge in [-0.1, -0.05) is 13.8 Å². The summed E-state index contributed by atoms with van der Waals surface area (Å²) < 4.78 is 33.2. The summed E-state index contributed by atoms with van der Waals surface area (Å²) in [5, 5.41) is 0. The van der Waals surface area contributed by atoms with E-state index in [4.69, 9.17) is 4.74 Å². The van der Waals surface area contributed by atoms with Crippen molar-refractivity contribution in [2.24, 2.45) is 16.7 Å². The van der Waals surface area contributed by atoms with E-state index in [1.54, 1.807) is 20.8 Å². The Balaban J connectivity index is 1.71. The summed E-state index contributed by atoms with van der Waals surface area (Å²) in [6.07, 6.45) is 2.11. The third-order valence-electron chi connectivity index (χ3n) is 7.02. The van der Waals surface area contributed by atoms with Crippen LogP contribution in [0.1, 0.15) is 66.7 Å². The molecule has 0 aromatic rings. The number of amides is 2. The van der Waals surface area contributed by atoms with Crippen LogP contribution in [-0.2, 0) is 24.3 Å². The van der Waals surface area contributed by atoms with Gasteiger partial charge in [-0.05, 0) is 57.8 Å². The van der Waals surface area contributed by atoms with E-state index < -0.39 is 44.5 Å². The predicted molar refractivity (Wildman–Crippen MR) is 106 cm³/mol. The van der Waals surface area contributed by atoms with Crippen LogP contribution >= 0.6 is 0 Å². The Kier molecular flexibility index (Phi) is 5.29. The molecule has 9 heteroatoms. The first kappa shape index (κ1) is 22.1. The fourth-order valence-electron chi connectivity index (χ4n) is 5.27. The molecule has 1 saturated heterocycles. The van der Waals surface area contributed by atoms with Crippen molar-refractivity contribution in [3.05, 3.63) is 0 Å². The number of Topliss-reactive ketones (excluding diaryl/α,β-unsaturated/α-hetero) is 1. The number of ether oxygens (including phenoxy) is 1. The minimum atomic E-state index is -4.03. The molecule has 3 aliphatic rings. The summed E-state index contributed by atoms with van der Waals surface area (Å²) in [7, 11) is -4.03. The zero-order valence-electron chi connectivity index (χ0n) is 17.9. The first-order valence-corrected chi connectivity index (χ1v) is 11.9. The molecule has 0 aromatic heterocycles. The Labute approximate surface area is 172 Å². The maximum Gasteiger partial charge on any atom is 0.410 e. The van der Waals surface area contributed by atoms with Crippen molar-refractivity contribution in [3.63, 3.8) is 0 Å². The first-order chi connectivity index (χ1) is 13.2. The van der Waals surface area contributed by atoms with Crippen LogP contribution in [0.3, 0.4) is 0 Å². The Bertz CT molecular complexity index is 828. The predicted octanol–water partition coefficient (Wildman–Crippen LogP) is 2.23. The Morgan fingerprint density at radius 3 is 2.41 bits per heavy atom. The smallest absolute Gasteiger partial charge is 0.410 e. The van der Waals surface area contributed by atoms with E-state index in [1.165, 1.54) is 4.90 Å². The number of carbonyl (C=O) groups is 3. The molecule has 0 radical (unpaired) electrons. The molecular weight excluding hydrogens is 396 g/mol. The fourth-order valence-corrected chi connectivity index (χ4v) is 7.11. The Morgan fingerprint density at radius 1 is 1.24 bits per heavy atom. The molecule has 1 heterocycles. The van der Waals surface area contributed by atoms with Crippen LogP contribution in [-0.4, -0.2) is 55.0 Å². The topological polar surface area (TPSA) is 110 Å². The first-order valence-electron chi connectivity index (χ1n) is 10.3. The van der Waals surface area contributed by atoms with E-state index in [1.807, 2.05) is 13.8 Å². The second-order valence-corrected chi connectivity index (χ2v) is 11.9. The highest BCUT2D eigenvalue weighted by molar-refractivity contribution is 7.90. The van der Waals surface area contributed by atoms with Crippen molar-refractivity contribution in [3.8, 4) is 0 Å². The molecule has 3 atom stereocenters. The van der Waals surface area contributed by atoms with Crippen LogP contribution in [0.5, 0.6) is 0 Å². The Morgan fingerprint density at radius 2 is 1.90 bits per heavy atom. The van der Waals surface area contributed by atoms with Crippen LogP contribution in [0.4, 0.5) is 4.79 Å². The maximum absolute atomic E-state index is 12.9. The molecule has 8 nitrogen and oxygen atoms in total. The van der Waals surface area contributed by atoms with Gasteiger partial charge in [0.1, 0.15) is 17.4 Å². The van der Waals surface area contributed by atoms with Crippen LogP contribution < -0.4 is 4.72 Å². The van der Waals surface area contributed by atoms with Crippen molar-refractivity contribution in [1.82, 2.24) is 9.62 Å². The molecule has 29 heavy (non-hydrogen) atoms. The molecule has 1 N–H and O–H groups in total. The molecule has 0 spiro atoms. The molecule has 2 aliphatic carbocycles. The van der Waals surface area contributed by atoms with Crippen molar-refractivity contribution in [1.29, 1.82) is 0 Å². The van der Waals surface area contributed by atoms with Gasteiger partial charge in [-0.15, -0.1) is 0 Å². The largest absolute Gasteiger partial charge is 0.444 e. The Hall–Kier alpha value is -1.64. The van der Waals surface area contributed by atoms with Gasteiger partial charge in [0.2, 0.25) is 10.0 Å². The lowest BCUT2D eigenvalue weighted by atomic mass is 9.70. The molecule has 3 rings (SSSR count). The van der Waals surface area contributed by atoms with Gasteiger partial charge >= 0.3 is 6.09 Å². The number of nitrogens with one attached hydrogen (secondary N) is 1. The third kappa shape index (κ3) is 3.90. The number of ketones is 1. The van der Waals surface area contributed by atoms with Gasteiger partial charge in [0.25, 0.3) is 5.91 Å². The molecule has 2 saturated carbocycles. The van der Waals surface area contributed by atoms with Gasteiger partial charge in [0, 0.05) is 13.0 Å². The van der Waals surface area contributed by atoms with Crippen LogP contribution in [0.25, 0.3) is 0 Å². The van der Waals surface area contributed by atoms with Crippen molar-refractivity contribution < 1.29 is 27.5 Å². The summed E-state index contributed by atoms with van der Waals surface area (Å²) >= 11 is 0. The lowest BCUT2D eigenvalue weighted by Crippen LogP contribution is -2.51. The molecule has 164 valence electrons. The third-order valence-corrected chi connectivity index (χ3v) is 8.40. The molecule has 2 amide bonds. The highest BCUT2D eigenvalue weighted by atomic mass is 32.2. The fraction of sp³-hybridized carbons (Fsp3) is 0.850. The van der Waals surface area contributed by atoms with E-state index in [9.17, 15) is 22.8 Å².